The summed E-state index contributed by atoms with van der Waals surface area (Å²) in [6, 6.07) is 0.398. The van der Waals surface area contributed by atoms with Crippen LogP contribution in [0.3, 0.4) is 0 Å². The Morgan fingerprint density at radius 3 is 3.00 bits per heavy atom. The van der Waals surface area contributed by atoms with Gasteiger partial charge in [0, 0.05) is 11.1 Å². The van der Waals surface area contributed by atoms with E-state index in [0.717, 1.165) is 12.2 Å². The average molecular weight is 244 g/mol. The molecule has 0 aliphatic carbocycles. The molecule has 1 N–H and O–H groups in total. The first-order valence-corrected chi connectivity index (χ1v) is 7.50. The van der Waals surface area contributed by atoms with Crippen molar-refractivity contribution < 1.29 is 0 Å². The van der Waals surface area contributed by atoms with Crippen LogP contribution in [0.5, 0.6) is 0 Å². The summed E-state index contributed by atoms with van der Waals surface area (Å²) >= 11 is 3.75. The molecule has 1 atom stereocenters. The first-order chi connectivity index (χ1) is 7.24. The number of aromatic nitrogens is 1. The van der Waals surface area contributed by atoms with Crippen molar-refractivity contribution >= 4 is 23.1 Å². The predicted molar refractivity (Wildman–Crippen MR) is 70.9 cm³/mol. The first kappa shape index (κ1) is 13.0. The van der Waals surface area contributed by atoms with Crippen molar-refractivity contribution in [3.63, 3.8) is 0 Å². The van der Waals surface area contributed by atoms with Crippen molar-refractivity contribution in [3.05, 3.63) is 16.1 Å². The van der Waals surface area contributed by atoms with Gasteiger partial charge >= 0.3 is 0 Å². The van der Waals surface area contributed by atoms with Gasteiger partial charge in [-0.25, -0.2) is 4.98 Å². The Hall–Kier alpha value is -0.0600. The Kier molecular flexibility index (Phi) is 6.29. The van der Waals surface area contributed by atoms with E-state index in [-0.39, 0.29) is 0 Å². The summed E-state index contributed by atoms with van der Waals surface area (Å²) in [5, 5.41) is 6.82. The molecule has 2 nitrogen and oxygen atoms in total. The van der Waals surface area contributed by atoms with E-state index < -0.39 is 0 Å². The standard InChI is InChI=1S/C11H20N2S2/c1-4-14-7-5-6-12-10(3)11-13-9(2)8-15-11/h8,10,12H,4-7H2,1-3H3. The van der Waals surface area contributed by atoms with Gasteiger partial charge in [-0.2, -0.15) is 11.8 Å². The lowest BCUT2D eigenvalue weighted by molar-refractivity contribution is 0.569. The van der Waals surface area contributed by atoms with Gasteiger partial charge in [-0.05, 0) is 38.3 Å². The molecule has 0 fully saturated rings. The second-order valence-corrected chi connectivity index (χ2v) is 5.84. The molecule has 0 saturated heterocycles. The summed E-state index contributed by atoms with van der Waals surface area (Å²) in [6.07, 6.45) is 1.24. The van der Waals surface area contributed by atoms with Crippen LogP contribution >= 0.6 is 23.1 Å². The summed E-state index contributed by atoms with van der Waals surface area (Å²) < 4.78 is 0. The number of thiazole rings is 1. The highest BCUT2D eigenvalue weighted by Gasteiger charge is 2.07. The fourth-order valence-electron chi connectivity index (χ4n) is 1.30. The van der Waals surface area contributed by atoms with Gasteiger partial charge in [-0.15, -0.1) is 11.3 Å². The molecule has 0 spiro atoms. The van der Waals surface area contributed by atoms with Gasteiger partial charge in [0.1, 0.15) is 5.01 Å². The van der Waals surface area contributed by atoms with Gasteiger partial charge in [-0.3, -0.25) is 0 Å². The van der Waals surface area contributed by atoms with E-state index in [4.69, 9.17) is 0 Å². The largest absolute Gasteiger partial charge is 0.308 e. The van der Waals surface area contributed by atoms with Gasteiger partial charge in [0.15, 0.2) is 0 Å². The smallest absolute Gasteiger partial charge is 0.110 e. The molecular formula is C11H20N2S2. The summed E-state index contributed by atoms with van der Waals surface area (Å²) in [7, 11) is 0. The number of thioether (sulfide) groups is 1. The second-order valence-electron chi connectivity index (χ2n) is 3.55. The van der Waals surface area contributed by atoms with Crippen molar-refractivity contribution in [2.75, 3.05) is 18.1 Å². The molecule has 4 heteroatoms. The highest BCUT2D eigenvalue weighted by atomic mass is 32.2. The zero-order chi connectivity index (χ0) is 11.1. The minimum atomic E-state index is 0.398. The molecule has 1 rings (SSSR count). The number of rotatable bonds is 7. The molecule has 1 aromatic heterocycles. The van der Waals surface area contributed by atoms with Crippen LogP contribution in [-0.2, 0) is 0 Å². The third kappa shape index (κ3) is 5.00. The highest BCUT2D eigenvalue weighted by Crippen LogP contribution is 2.17. The summed E-state index contributed by atoms with van der Waals surface area (Å²) in [5.41, 5.74) is 1.13. The van der Waals surface area contributed by atoms with Crippen LogP contribution < -0.4 is 5.32 Å². The first-order valence-electron chi connectivity index (χ1n) is 5.47. The van der Waals surface area contributed by atoms with E-state index in [9.17, 15) is 0 Å². The lowest BCUT2D eigenvalue weighted by Gasteiger charge is -2.10. The van der Waals surface area contributed by atoms with E-state index in [0.29, 0.717) is 6.04 Å². The number of nitrogens with zero attached hydrogens (tertiary/aromatic N) is 1. The second kappa shape index (κ2) is 7.25. The predicted octanol–water partition coefficient (Wildman–Crippen LogP) is 3.25. The Bertz CT molecular complexity index is 273. The van der Waals surface area contributed by atoms with E-state index >= 15 is 0 Å². The molecule has 15 heavy (non-hydrogen) atoms. The Morgan fingerprint density at radius 1 is 1.60 bits per heavy atom. The lowest BCUT2D eigenvalue weighted by Crippen LogP contribution is -2.20. The van der Waals surface area contributed by atoms with Gasteiger partial charge in [0.25, 0.3) is 0 Å². The quantitative estimate of drug-likeness (QED) is 0.745. The summed E-state index contributed by atoms with van der Waals surface area (Å²) in [5.74, 6) is 2.48. The van der Waals surface area contributed by atoms with Crippen LogP contribution in [0.1, 0.15) is 37.0 Å². The Balaban J connectivity index is 2.16. The maximum atomic E-state index is 4.48. The fourth-order valence-corrected chi connectivity index (χ4v) is 2.76. The average Bonchev–Trinajstić information content (AvgIpc) is 2.64. The normalized spacial score (nSPS) is 13.0. The number of nitrogens with one attached hydrogen (secondary N) is 1. The van der Waals surface area contributed by atoms with E-state index in [1.165, 1.54) is 22.9 Å². The van der Waals surface area contributed by atoms with Gasteiger partial charge in [0.05, 0.1) is 6.04 Å². The third-order valence-corrected chi connectivity index (χ3v) is 4.26. The summed E-state index contributed by atoms with van der Waals surface area (Å²) in [4.78, 5) is 4.48. The Morgan fingerprint density at radius 2 is 2.40 bits per heavy atom. The zero-order valence-electron chi connectivity index (χ0n) is 9.75. The topological polar surface area (TPSA) is 24.9 Å². The molecule has 0 saturated carbocycles. The molecule has 0 aliphatic heterocycles. The van der Waals surface area contributed by atoms with Crippen molar-refractivity contribution in [1.29, 1.82) is 0 Å². The van der Waals surface area contributed by atoms with E-state index in [1.54, 1.807) is 11.3 Å². The molecule has 0 radical (unpaired) electrons. The molecular weight excluding hydrogens is 224 g/mol. The molecule has 0 amide bonds. The van der Waals surface area contributed by atoms with Crippen LogP contribution in [0.25, 0.3) is 0 Å². The van der Waals surface area contributed by atoms with Gasteiger partial charge in [-0.1, -0.05) is 6.92 Å². The van der Waals surface area contributed by atoms with Crippen molar-refractivity contribution in [2.45, 2.75) is 33.2 Å². The Labute approximate surface area is 101 Å². The minimum Gasteiger partial charge on any atom is -0.308 e. The highest BCUT2D eigenvalue weighted by molar-refractivity contribution is 7.99. The minimum absolute atomic E-state index is 0.398. The molecule has 1 aromatic rings. The van der Waals surface area contributed by atoms with E-state index in [2.05, 4.69) is 29.5 Å². The number of hydrogen-bond acceptors (Lipinski definition) is 4. The van der Waals surface area contributed by atoms with Gasteiger partial charge < -0.3 is 5.32 Å². The number of hydrogen-bond donors (Lipinski definition) is 1. The zero-order valence-corrected chi connectivity index (χ0v) is 11.4. The third-order valence-electron chi connectivity index (χ3n) is 2.13. The summed E-state index contributed by atoms with van der Waals surface area (Å²) in [6.45, 7) is 7.53. The van der Waals surface area contributed by atoms with E-state index in [1.807, 2.05) is 18.7 Å². The SMILES string of the molecule is CCSCCCNC(C)c1nc(C)cs1. The maximum Gasteiger partial charge on any atom is 0.110 e. The van der Waals surface area contributed by atoms with Crippen molar-refractivity contribution in [1.82, 2.24) is 10.3 Å². The number of aryl methyl sites for hydroxylation is 1. The lowest BCUT2D eigenvalue weighted by atomic mass is 10.3. The monoisotopic (exact) mass is 244 g/mol. The van der Waals surface area contributed by atoms with Crippen LogP contribution in [0.4, 0.5) is 0 Å². The molecule has 0 bridgehead atoms. The molecule has 1 unspecified atom stereocenters. The fraction of sp³-hybridized carbons (Fsp3) is 0.727. The molecule has 1 heterocycles. The van der Waals surface area contributed by atoms with Crippen LogP contribution in [-0.4, -0.2) is 23.0 Å². The van der Waals surface area contributed by atoms with Crippen LogP contribution in [0.2, 0.25) is 0 Å². The molecule has 0 aromatic carbocycles. The van der Waals surface area contributed by atoms with Crippen LogP contribution in [0, 0.1) is 6.92 Å². The molecule has 86 valence electrons. The van der Waals surface area contributed by atoms with Crippen LogP contribution in [0.15, 0.2) is 5.38 Å². The molecule has 0 aliphatic rings. The van der Waals surface area contributed by atoms with Crippen molar-refractivity contribution in [3.8, 4) is 0 Å². The van der Waals surface area contributed by atoms with Crippen molar-refractivity contribution in [2.24, 2.45) is 0 Å². The van der Waals surface area contributed by atoms with Gasteiger partial charge in [0.2, 0.25) is 0 Å². The maximum absolute atomic E-state index is 4.48.